The first-order chi connectivity index (χ1) is 9.11. The van der Waals surface area contributed by atoms with Gasteiger partial charge in [-0.2, -0.15) is 0 Å². The number of methoxy groups -OCH3 is 1. The minimum absolute atomic E-state index is 0.651. The lowest BCUT2D eigenvalue weighted by atomic mass is 9.85. The van der Waals surface area contributed by atoms with Crippen LogP contribution in [0.4, 0.5) is 0 Å². The summed E-state index contributed by atoms with van der Waals surface area (Å²) in [7, 11) is 6.08. The Morgan fingerprint density at radius 3 is 2.58 bits per heavy atom. The normalized spacial score (nSPS) is 22.8. The van der Waals surface area contributed by atoms with E-state index >= 15 is 0 Å². The Balaban J connectivity index is 1.93. The molecule has 0 spiro atoms. The Hall–Kier alpha value is -1.48. The van der Waals surface area contributed by atoms with Crippen molar-refractivity contribution in [3.8, 4) is 5.75 Å². The molecule has 0 N–H and O–H groups in total. The van der Waals surface area contributed by atoms with Crippen LogP contribution in [0.1, 0.15) is 24.4 Å². The molecule has 0 aliphatic heterocycles. The Morgan fingerprint density at radius 2 is 1.95 bits per heavy atom. The SMILES string of the molecule is COc1ccc2c(ccn2C2CC(N(C)C)C2)c1C. The minimum atomic E-state index is 0.651. The summed E-state index contributed by atoms with van der Waals surface area (Å²) in [5.74, 6) is 0.977. The van der Waals surface area contributed by atoms with Crippen LogP contribution in [-0.4, -0.2) is 36.7 Å². The molecular weight excluding hydrogens is 236 g/mol. The zero-order chi connectivity index (χ0) is 13.6. The second-order valence-corrected chi connectivity index (χ2v) is 5.79. The molecule has 3 nitrogen and oxygen atoms in total. The zero-order valence-electron chi connectivity index (χ0n) is 12.2. The molecule has 0 unspecified atom stereocenters. The fourth-order valence-corrected chi connectivity index (χ4v) is 3.11. The molecule has 0 atom stereocenters. The Kier molecular flexibility index (Phi) is 3.02. The van der Waals surface area contributed by atoms with Crippen molar-refractivity contribution in [2.45, 2.75) is 31.8 Å². The Morgan fingerprint density at radius 1 is 1.21 bits per heavy atom. The molecule has 1 aromatic heterocycles. The van der Waals surface area contributed by atoms with Crippen molar-refractivity contribution < 1.29 is 4.74 Å². The highest BCUT2D eigenvalue weighted by atomic mass is 16.5. The fourth-order valence-electron chi connectivity index (χ4n) is 3.11. The maximum Gasteiger partial charge on any atom is 0.122 e. The highest BCUT2D eigenvalue weighted by Crippen LogP contribution is 2.38. The molecule has 3 rings (SSSR count). The van der Waals surface area contributed by atoms with Gasteiger partial charge in [-0.05, 0) is 52.1 Å². The molecule has 1 aromatic carbocycles. The van der Waals surface area contributed by atoms with Crippen molar-refractivity contribution in [2.24, 2.45) is 0 Å². The van der Waals surface area contributed by atoms with Gasteiger partial charge < -0.3 is 14.2 Å². The summed E-state index contributed by atoms with van der Waals surface area (Å²) in [5, 5.41) is 1.31. The second kappa shape index (κ2) is 4.57. The third-order valence-corrected chi connectivity index (χ3v) is 4.55. The largest absolute Gasteiger partial charge is 0.496 e. The standard InChI is InChI=1S/C16H22N2O/c1-11-14-7-8-18(13-9-12(10-13)17(2)3)15(14)5-6-16(11)19-4/h5-8,12-13H,9-10H2,1-4H3. The molecule has 1 saturated carbocycles. The molecule has 0 saturated heterocycles. The molecule has 1 fully saturated rings. The van der Waals surface area contributed by atoms with Crippen molar-refractivity contribution >= 4 is 10.9 Å². The van der Waals surface area contributed by atoms with Crippen molar-refractivity contribution in [2.75, 3.05) is 21.2 Å². The van der Waals surface area contributed by atoms with E-state index in [4.69, 9.17) is 4.74 Å². The summed E-state index contributed by atoms with van der Waals surface area (Å²) in [6.07, 6.45) is 4.73. The van der Waals surface area contributed by atoms with Crippen LogP contribution in [0.3, 0.4) is 0 Å². The minimum Gasteiger partial charge on any atom is -0.496 e. The van der Waals surface area contributed by atoms with Gasteiger partial charge in [-0.1, -0.05) is 0 Å². The lowest BCUT2D eigenvalue weighted by Crippen LogP contribution is -2.41. The van der Waals surface area contributed by atoms with Crippen LogP contribution in [0.2, 0.25) is 0 Å². The van der Waals surface area contributed by atoms with Gasteiger partial charge in [-0.15, -0.1) is 0 Å². The van der Waals surface area contributed by atoms with E-state index in [1.165, 1.54) is 29.3 Å². The molecule has 0 amide bonds. The molecule has 3 heteroatoms. The van der Waals surface area contributed by atoms with Crippen LogP contribution >= 0.6 is 0 Å². The van der Waals surface area contributed by atoms with Gasteiger partial charge in [0.15, 0.2) is 0 Å². The molecule has 1 heterocycles. The first kappa shape index (κ1) is 12.5. The van der Waals surface area contributed by atoms with Gasteiger partial charge in [-0.3, -0.25) is 0 Å². The van der Waals surface area contributed by atoms with Crippen LogP contribution in [0.25, 0.3) is 10.9 Å². The van der Waals surface area contributed by atoms with Crippen LogP contribution in [-0.2, 0) is 0 Å². The van der Waals surface area contributed by atoms with Gasteiger partial charge in [0, 0.05) is 34.7 Å². The molecule has 102 valence electrons. The average Bonchev–Trinajstić information content (AvgIpc) is 2.72. The molecular formula is C16H22N2O. The van der Waals surface area contributed by atoms with Crippen LogP contribution in [0.5, 0.6) is 5.75 Å². The maximum absolute atomic E-state index is 5.40. The summed E-state index contributed by atoms with van der Waals surface area (Å²) in [6, 6.07) is 7.87. The number of hydrogen-bond donors (Lipinski definition) is 0. The van der Waals surface area contributed by atoms with E-state index < -0.39 is 0 Å². The first-order valence-corrected chi connectivity index (χ1v) is 6.92. The molecule has 0 radical (unpaired) electrons. The van der Waals surface area contributed by atoms with Crippen molar-refractivity contribution in [3.05, 3.63) is 30.0 Å². The summed E-state index contributed by atoms with van der Waals surface area (Å²) >= 11 is 0. The molecule has 1 aliphatic carbocycles. The molecule has 0 bridgehead atoms. The average molecular weight is 258 g/mol. The van der Waals surface area contributed by atoms with E-state index in [9.17, 15) is 0 Å². The quantitative estimate of drug-likeness (QED) is 0.841. The zero-order valence-corrected chi connectivity index (χ0v) is 12.2. The third kappa shape index (κ3) is 1.93. The van der Waals surface area contributed by atoms with Gasteiger partial charge >= 0.3 is 0 Å². The van der Waals surface area contributed by atoms with Crippen LogP contribution in [0.15, 0.2) is 24.4 Å². The topological polar surface area (TPSA) is 17.4 Å². The highest BCUT2D eigenvalue weighted by Gasteiger charge is 2.32. The smallest absolute Gasteiger partial charge is 0.122 e. The van der Waals surface area contributed by atoms with Gasteiger partial charge in [0.1, 0.15) is 5.75 Å². The Bertz CT molecular complexity index is 594. The van der Waals surface area contributed by atoms with Gasteiger partial charge in [-0.25, -0.2) is 0 Å². The number of hydrogen-bond acceptors (Lipinski definition) is 2. The first-order valence-electron chi connectivity index (χ1n) is 6.92. The summed E-state index contributed by atoms with van der Waals surface area (Å²) in [5.41, 5.74) is 2.57. The number of nitrogens with zero attached hydrogens (tertiary/aromatic N) is 2. The van der Waals surface area contributed by atoms with Crippen molar-refractivity contribution in [1.82, 2.24) is 9.47 Å². The number of ether oxygens (including phenoxy) is 1. The predicted molar refractivity (Wildman–Crippen MR) is 79.0 cm³/mol. The number of fused-ring (bicyclic) bond motifs is 1. The number of aromatic nitrogens is 1. The molecule has 1 aliphatic rings. The number of aryl methyl sites for hydroxylation is 1. The van der Waals surface area contributed by atoms with Crippen molar-refractivity contribution in [3.63, 3.8) is 0 Å². The van der Waals surface area contributed by atoms with Crippen molar-refractivity contribution in [1.29, 1.82) is 0 Å². The monoisotopic (exact) mass is 258 g/mol. The summed E-state index contributed by atoms with van der Waals surface area (Å²) in [6.45, 7) is 2.13. The van der Waals surface area contributed by atoms with E-state index in [0.717, 1.165) is 11.8 Å². The molecule has 19 heavy (non-hydrogen) atoms. The van der Waals surface area contributed by atoms with E-state index in [-0.39, 0.29) is 0 Å². The second-order valence-electron chi connectivity index (χ2n) is 5.79. The molecule has 2 aromatic rings. The van der Waals surface area contributed by atoms with E-state index in [0.29, 0.717) is 6.04 Å². The van der Waals surface area contributed by atoms with Gasteiger partial charge in [0.25, 0.3) is 0 Å². The van der Waals surface area contributed by atoms with Gasteiger partial charge in [0.05, 0.1) is 7.11 Å². The third-order valence-electron chi connectivity index (χ3n) is 4.55. The van der Waals surface area contributed by atoms with Crippen LogP contribution < -0.4 is 4.74 Å². The number of benzene rings is 1. The van der Waals surface area contributed by atoms with Crippen LogP contribution in [0, 0.1) is 6.92 Å². The summed E-state index contributed by atoms with van der Waals surface area (Å²) in [4.78, 5) is 2.33. The predicted octanol–water partition coefficient (Wildman–Crippen LogP) is 3.22. The summed E-state index contributed by atoms with van der Waals surface area (Å²) < 4.78 is 7.83. The Labute approximate surface area is 114 Å². The lowest BCUT2D eigenvalue weighted by Gasteiger charge is -2.40. The van der Waals surface area contributed by atoms with E-state index in [2.05, 4.69) is 54.9 Å². The fraction of sp³-hybridized carbons (Fsp3) is 0.500. The maximum atomic E-state index is 5.40. The highest BCUT2D eigenvalue weighted by molar-refractivity contribution is 5.85. The number of rotatable bonds is 3. The van der Waals surface area contributed by atoms with E-state index in [1.54, 1.807) is 7.11 Å². The van der Waals surface area contributed by atoms with Gasteiger partial charge in [0.2, 0.25) is 0 Å². The van der Waals surface area contributed by atoms with E-state index in [1.807, 2.05) is 0 Å². The lowest BCUT2D eigenvalue weighted by molar-refractivity contribution is 0.132.